The Morgan fingerprint density at radius 3 is 2.78 bits per heavy atom. The highest BCUT2D eigenvalue weighted by molar-refractivity contribution is 6.05. The lowest BCUT2D eigenvalue weighted by molar-refractivity contribution is 0.102. The van der Waals surface area contributed by atoms with Crippen LogP contribution in [0.1, 0.15) is 61.3 Å². The van der Waals surface area contributed by atoms with Crippen LogP contribution in [0.4, 0.5) is 5.69 Å². The summed E-state index contributed by atoms with van der Waals surface area (Å²) in [5.74, 6) is 0.883. The lowest BCUT2D eigenvalue weighted by atomic mass is 10.1. The van der Waals surface area contributed by atoms with Crippen LogP contribution in [0.2, 0.25) is 0 Å². The number of nitrogens with one attached hydrogen (secondary N) is 1. The van der Waals surface area contributed by atoms with E-state index in [2.05, 4.69) is 36.3 Å². The van der Waals surface area contributed by atoms with Gasteiger partial charge in [-0.15, -0.1) is 0 Å². The van der Waals surface area contributed by atoms with E-state index in [0.717, 1.165) is 42.9 Å². The minimum Gasteiger partial charge on any atom is -0.319 e. The maximum absolute atomic E-state index is 12.7. The van der Waals surface area contributed by atoms with Crippen LogP contribution in [-0.2, 0) is 20.0 Å². The van der Waals surface area contributed by atoms with E-state index in [0.29, 0.717) is 17.4 Å². The molecule has 2 aromatic rings. The van der Waals surface area contributed by atoms with Crippen LogP contribution in [0.5, 0.6) is 0 Å². The molecule has 6 nitrogen and oxygen atoms in total. The summed E-state index contributed by atoms with van der Waals surface area (Å²) in [4.78, 5) is 12.7. The zero-order valence-corrected chi connectivity index (χ0v) is 14.3. The molecule has 23 heavy (non-hydrogen) atoms. The summed E-state index contributed by atoms with van der Waals surface area (Å²) in [6.07, 6.45) is 6.66. The molecule has 2 heterocycles. The summed E-state index contributed by atoms with van der Waals surface area (Å²) < 4.78 is 3.72. The predicted molar refractivity (Wildman–Crippen MR) is 89.6 cm³/mol. The molecule has 0 aromatic carbocycles. The molecule has 1 N–H and O–H groups in total. The van der Waals surface area contributed by atoms with Crippen LogP contribution in [-0.4, -0.2) is 25.5 Å². The Labute approximate surface area is 136 Å². The Morgan fingerprint density at radius 2 is 2.17 bits per heavy atom. The van der Waals surface area contributed by atoms with Crippen molar-refractivity contribution >= 4 is 11.6 Å². The van der Waals surface area contributed by atoms with Gasteiger partial charge >= 0.3 is 0 Å². The molecule has 0 atom stereocenters. The zero-order valence-electron chi connectivity index (χ0n) is 14.3. The molecular weight excluding hydrogens is 290 g/mol. The first-order valence-corrected chi connectivity index (χ1v) is 8.39. The minimum atomic E-state index is -0.0844. The first-order valence-electron chi connectivity index (χ1n) is 8.39. The van der Waals surface area contributed by atoms with Crippen molar-refractivity contribution in [2.24, 2.45) is 13.0 Å². The van der Waals surface area contributed by atoms with Gasteiger partial charge in [-0.3, -0.25) is 14.2 Å². The average Bonchev–Trinajstić information content (AvgIpc) is 3.16. The molecule has 6 heteroatoms. The standard InChI is InChI=1S/C17H25N5O/c1-5-15-14(8-18-22(15)9-11(2)3)19-17(23)13-10-21(4)20-16(13)12-6-7-12/h8,10-12H,5-7,9H2,1-4H3,(H,19,23). The van der Waals surface area contributed by atoms with Crippen molar-refractivity contribution < 1.29 is 4.79 Å². The highest BCUT2D eigenvalue weighted by Gasteiger charge is 2.31. The molecule has 1 fully saturated rings. The van der Waals surface area contributed by atoms with Gasteiger partial charge in [-0.1, -0.05) is 20.8 Å². The van der Waals surface area contributed by atoms with Crippen LogP contribution in [0.3, 0.4) is 0 Å². The van der Waals surface area contributed by atoms with Crippen LogP contribution >= 0.6 is 0 Å². The third-order valence-electron chi connectivity index (χ3n) is 4.14. The molecular formula is C17H25N5O. The molecule has 124 valence electrons. The second-order valence-electron chi connectivity index (χ2n) is 6.76. The monoisotopic (exact) mass is 315 g/mol. The van der Waals surface area contributed by atoms with Crippen molar-refractivity contribution in [1.29, 1.82) is 0 Å². The molecule has 0 aliphatic heterocycles. The third-order valence-corrected chi connectivity index (χ3v) is 4.14. The number of anilines is 1. The van der Waals surface area contributed by atoms with E-state index in [1.807, 2.05) is 17.9 Å². The second-order valence-corrected chi connectivity index (χ2v) is 6.76. The van der Waals surface area contributed by atoms with Gasteiger partial charge < -0.3 is 5.32 Å². The maximum atomic E-state index is 12.7. The highest BCUT2D eigenvalue weighted by Crippen LogP contribution is 2.40. The van der Waals surface area contributed by atoms with Gasteiger partial charge in [0.25, 0.3) is 5.91 Å². The van der Waals surface area contributed by atoms with E-state index < -0.39 is 0 Å². The SMILES string of the molecule is CCc1c(NC(=O)c2cn(C)nc2C2CC2)cnn1CC(C)C. The fourth-order valence-electron chi connectivity index (χ4n) is 2.92. The summed E-state index contributed by atoms with van der Waals surface area (Å²) in [6, 6.07) is 0. The Morgan fingerprint density at radius 1 is 1.43 bits per heavy atom. The number of hydrogen-bond acceptors (Lipinski definition) is 3. The smallest absolute Gasteiger partial charge is 0.259 e. The molecule has 2 aromatic heterocycles. The van der Waals surface area contributed by atoms with E-state index in [-0.39, 0.29) is 5.91 Å². The number of carbonyl (C=O) groups is 1. The summed E-state index contributed by atoms with van der Waals surface area (Å²) in [5, 5.41) is 11.9. The van der Waals surface area contributed by atoms with Gasteiger partial charge in [0.05, 0.1) is 28.8 Å². The lowest BCUT2D eigenvalue weighted by Gasteiger charge is -2.10. The molecule has 1 amide bonds. The van der Waals surface area contributed by atoms with Gasteiger partial charge in [0.15, 0.2) is 0 Å². The Bertz CT molecular complexity index is 709. The molecule has 0 saturated heterocycles. The number of aromatic nitrogens is 4. The zero-order chi connectivity index (χ0) is 16.6. The largest absolute Gasteiger partial charge is 0.319 e. The van der Waals surface area contributed by atoms with Gasteiger partial charge in [-0.25, -0.2) is 0 Å². The molecule has 3 rings (SSSR count). The molecule has 0 unspecified atom stereocenters. The van der Waals surface area contributed by atoms with Crippen molar-refractivity contribution in [2.75, 3.05) is 5.32 Å². The minimum absolute atomic E-state index is 0.0844. The van der Waals surface area contributed by atoms with Gasteiger partial charge in [0, 0.05) is 25.7 Å². The fraction of sp³-hybridized carbons (Fsp3) is 0.588. The second kappa shape index (κ2) is 6.18. The number of aryl methyl sites for hydroxylation is 1. The molecule has 0 bridgehead atoms. The number of rotatable bonds is 6. The quantitative estimate of drug-likeness (QED) is 0.891. The molecule has 1 aliphatic carbocycles. The van der Waals surface area contributed by atoms with E-state index in [9.17, 15) is 4.79 Å². The van der Waals surface area contributed by atoms with Crippen molar-refractivity contribution in [1.82, 2.24) is 19.6 Å². The van der Waals surface area contributed by atoms with E-state index in [4.69, 9.17) is 0 Å². The van der Waals surface area contributed by atoms with Crippen LogP contribution < -0.4 is 5.32 Å². The Balaban J connectivity index is 1.82. The fourth-order valence-corrected chi connectivity index (χ4v) is 2.92. The van der Waals surface area contributed by atoms with E-state index >= 15 is 0 Å². The summed E-state index contributed by atoms with van der Waals surface area (Å²) in [6.45, 7) is 7.27. The summed E-state index contributed by atoms with van der Waals surface area (Å²) >= 11 is 0. The van der Waals surface area contributed by atoms with Gasteiger partial charge in [0.1, 0.15) is 0 Å². The third kappa shape index (κ3) is 3.30. The van der Waals surface area contributed by atoms with Crippen molar-refractivity contribution in [3.8, 4) is 0 Å². The first-order chi connectivity index (χ1) is 11.0. The topological polar surface area (TPSA) is 64.7 Å². The molecule has 0 spiro atoms. The summed E-state index contributed by atoms with van der Waals surface area (Å²) in [5.41, 5.74) is 3.50. The van der Waals surface area contributed by atoms with Gasteiger partial charge in [0.2, 0.25) is 0 Å². The van der Waals surface area contributed by atoms with E-state index in [1.54, 1.807) is 10.9 Å². The Hall–Kier alpha value is -2.11. The van der Waals surface area contributed by atoms with Crippen molar-refractivity contribution in [3.63, 3.8) is 0 Å². The normalized spacial score (nSPS) is 14.5. The summed E-state index contributed by atoms with van der Waals surface area (Å²) in [7, 11) is 1.86. The number of nitrogens with zero attached hydrogens (tertiary/aromatic N) is 4. The van der Waals surface area contributed by atoms with Gasteiger partial charge in [-0.05, 0) is 25.2 Å². The molecule has 1 saturated carbocycles. The van der Waals surface area contributed by atoms with Crippen LogP contribution in [0.15, 0.2) is 12.4 Å². The van der Waals surface area contributed by atoms with Crippen molar-refractivity contribution in [2.45, 2.75) is 52.5 Å². The van der Waals surface area contributed by atoms with E-state index in [1.165, 1.54) is 0 Å². The predicted octanol–water partition coefficient (Wildman–Crippen LogP) is 2.96. The highest BCUT2D eigenvalue weighted by atomic mass is 16.1. The lowest BCUT2D eigenvalue weighted by Crippen LogP contribution is -2.15. The molecule has 1 aliphatic rings. The number of hydrogen-bond donors (Lipinski definition) is 1. The average molecular weight is 315 g/mol. The van der Waals surface area contributed by atoms with Crippen LogP contribution in [0.25, 0.3) is 0 Å². The first kappa shape index (κ1) is 15.8. The number of amides is 1. The maximum Gasteiger partial charge on any atom is 0.259 e. The van der Waals surface area contributed by atoms with Crippen molar-refractivity contribution in [3.05, 3.63) is 29.3 Å². The van der Waals surface area contributed by atoms with Crippen LogP contribution in [0, 0.1) is 5.92 Å². The molecule has 0 radical (unpaired) electrons. The Kier molecular flexibility index (Phi) is 4.24. The van der Waals surface area contributed by atoms with Gasteiger partial charge in [-0.2, -0.15) is 10.2 Å². The number of carbonyl (C=O) groups excluding carboxylic acids is 1.